The number of hydrogen-bond acceptors (Lipinski definition) is 6. The molecule has 8 nitrogen and oxygen atoms in total. The zero-order valence-electron chi connectivity index (χ0n) is 17.7. The highest BCUT2D eigenvalue weighted by atomic mass is 32.2. The van der Waals surface area contributed by atoms with Gasteiger partial charge in [0, 0.05) is 12.0 Å². The van der Waals surface area contributed by atoms with Gasteiger partial charge >= 0.3 is 5.91 Å². The summed E-state index contributed by atoms with van der Waals surface area (Å²) in [6.45, 7) is 2.47. The minimum atomic E-state index is -3.48. The molecular formula is C23H23N3O5S. The smallest absolute Gasteiger partial charge is 0.310 e. The molecule has 3 aromatic rings. The molecule has 0 unspecified atom stereocenters. The molecule has 0 saturated heterocycles. The summed E-state index contributed by atoms with van der Waals surface area (Å²) in [5.41, 5.74) is 2.49. The molecule has 0 bridgehead atoms. The Hall–Kier alpha value is -3.59. The standard InChI is InChI=1S/C23H23N3O5S/c1-3-30-17-12-10-16(11-13-17)21-15-20(24-26(21)23(27)22-9-6-14-31-22)18-7-4-5-8-19(18)25-32(2,28)29/h4-14,21,25H,3,15H2,1-2H3/t21-/m0/s1. The van der Waals surface area contributed by atoms with Crippen LogP contribution in [0.1, 0.15) is 41.1 Å². The highest BCUT2D eigenvalue weighted by molar-refractivity contribution is 7.92. The minimum absolute atomic E-state index is 0.175. The summed E-state index contributed by atoms with van der Waals surface area (Å²) in [5, 5.41) is 5.99. The van der Waals surface area contributed by atoms with Gasteiger partial charge in [0.25, 0.3) is 0 Å². The van der Waals surface area contributed by atoms with Crippen molar-refractivity contribution in [2.75, 3.05) is 17.6 Å². The monoisotopic (exact) mass is 453 g/mol. The summed E-state index contributed by atoms with van der Waals surface area (Å²) >= 11 is 0. The number of anilines is 1. The van der Waals surface area contributed by atoms with Crippen LogP contribution < -0.4 is 9.46 Å². The van der Waals surface area contributed by atoms with Crippen LogP contribution in [0.3, 0.4) is 0 Å². The first kappa shape index (κ1) is 21.6. The molecule has 0 spiro atoms. The van der Waals surface area contributed by atoms with Gasteiger partial charge in [-0.05, 0) is 42.8 Å². The maximum Gasteiger partial charge on any atom is 0.310 e. The average Bonchev–Trinajstić information content (AvgIpc) is 3.44. The molecule has 1 aliphatic heterocycles. The molecule has 0 aliphatic carbocycles. The van der Waals surface area contributed by atoms with Gasteiger partial charge in [0.15, 0.2) is 5.76 Å². The molecule has 1 aliphatic rings. The number of carbonyl (C=O) groups excluding carboxylic acids is 1. The van der Waals surface area contributed by atoms with E-state index in [1.54, 1.807) is 36.4 Å². The molecule has 1 aromatic heterocycles. The number of para-hydroxylation sites is 1. The largest absolute Gasteiger partial charge is 0.494 e. The molecule has 1 atom stereocenters. The fourth-order valence-electron chi connectivity index (χ4n) is 3.61. The average molecular weight is 454 g/mol. The molecule has 1 N–H and O–H groups in total. The highest BCUT2D eigenvalue weighted by Crippen LogP contribution is 2.36. The number of hydrogen-bond donors (Lipinski definition) is 1. The van der Waals surface area contributed by atoms with E-state index in [9.17, 15) is 13.2 Å². The van der Waals surface area contributed by atoms with Crippen LogP contribution in [0, 0.1) is 0 Å². The summed E-state index contributed by atoms with van der Waals surface area (Å²) in [4.78, 5) is 13.1. The number of hydrazone groups is 1. The lowest BCUT2D eigenvalue weighted by atomic mass is 9.97. The molecule has 0 fully saturated rings. The van der Waals surface area contributed by atoms with Gasteiger partial charge in [0.1, 0.15) is 5.75 Å². The Bertz CT molecular complexity index is 1230. The van der Waals surface area contributed by atoms with Gasteiger partial charge < -0.3 is 9.15 Å². The SMILES string of the molecule is CCOc1ccc([C@@H]2CC(c3ccccc3NS(C)(=O)=O)=NN2C(=O)c2ccco2)cc1. The molecule has 32 heavy (non-hydrogen) atoms. The number of furan rings is 1. The second-order valence-electron chi connectivity index (χ2n) is 7.32. The van der Waals surface area contributed by atoms with Gasteiger partial charge in [-0.25, -0.2) is 13.4 Å². The summed E-state index contributed by atoms with van der Waals surface area (Å²) < 4.78 is 37.0. The maximum absolute atomic E-state index is 13.1. The fourth-order valence-corrected chi connectivity index (χ4v) is 4.19. The van der Waals surface area contributed by atoms with Crippen molar-refractivity contribution in [3.05, 3.63) is 83.8 Å². The van der Waals surface area contributed by atoms with E-state index in [2.05, 4.69) is 9.82 Å². The predicted molar refractivity (Wildman–Crippen MR) is 121 cm³/mol. The first-order valence-electron chi connectivity index (χ1n) is 10.1. The van der Waals surface area contributed by atoms with Crippen LogP contribution in [0.5, 0.6) is 5.75 Å². The van der Waals surface area contributed by atoms with Crippen LogP contribution >= 0.6 is 0 Å². The second-order valence-corrected chi connectivity index (χ2v) is 9.06. The van der Waals surface area contributed by atoms with E-state index in [1.165, 1.54) is 11.3 Å². The van der Waals surface area contributed by atoms with Crippen LogP contribution in [-0.4, -0.2) is 37.9 Å². The van der Waals surface area contributed by atoms with Crippen molar-refractivity contribution < 1.29 is 22.4 Å². The topological polar surface area (TPSA) is 101 Å². The normalized spacial score (nSPS) is 16.0. The van der Waals surface area contributed by atoms with Gasteiger partial charge in [0.2, 0.25) is 10.0 Å². The predicted octanol–water partition coefficient (Wildman–Crippen LogP) is 4.04. The van der Waals surface area contributed by atoms with Crippen LogP contribution in [0.2, 0.25) is 0 Å². The third-order valence-electron chi connectivity index (χ3n) is 4.96. The van der Waals surface area contributed by atoms with E-state index in [1.807, 2.05) is 31.2 Å². The molecule has 0 radical (unpaired) electrons. The lowest BCUT2D eigenvalue weighted by molar-refractivity contribution is 0.0678. The van der Waals surface area contributed by atoms with E-state index in [0.717, 1.165) is 17.6 Å². The van der Waals surface area contributed by atoms with Crippen LogP contribution in [0.4, 0.5) is 5.69 Å². The van der Waals surface area contributed by atoms with Gasteiger partial charge in [-0.15, -0.1) is 0 Å². The number of nitrogens with zero attached hydrogens (tertiary/aromatic N) is 2. The van der Waals surface area contributed by atoms with Crippen LogP contribution in [0.15, 0.2) is 76.4 Å². The Labute approximate surface area is 186 Å². The number of amides is 1. The Morgan fingerprint density at radius 2 is 1.91 bits per heavy atom. The third-order valence-corrected chi connectivity index (χ3v) is 5.55. The van der Waals surface area contributed by atoms with Crippen molar-refractivity contribution in [1.82, 2.24) is 5.01 Å². The van der Waals surface area contributed by atoms with E-state index in [-0.39, 0.29) is 17.7 Å². The quantitative estimate of drug-likeness (QED) is 0.582. The fraction of sp³-hybridized carbons (Fsp3) is 0.217. The van der Waals surface area contributed by atoms with Crippen LogP contribution in [0.25, 0.3) is 0 Å². The van der Waals surface area contributed by atoms with E-state index in [4.69, 9.17) is 9.15 Å². The molecular weight excluding hydrogens is 430 g/mol. The molecule has 1 amide bonds. The zero-order valence-corrected chi connectivity index (χ0v) is 18.5. The number of sulfonamides is 1. The van der Waals surface area contributed by atoms with Gasteiger partial charge in [-0.2, -0.15) is 5.10 Å². The van der Waals surface area contributed by atoms with Crippen molar-refractivity contribution in [2.24, 2.45) is 5.10 Å². The maximum atomic E-state index is 13.1. The van der Waals surface area contributed by atoms with Crippen molar-refractivity contribution >= 4 is 27.3 Å². The Morgan fingerprint density at radius 3 is 2.56 bits per heavy atom. The van der Waals surface area contributed by atoms with Crippen molar-refractivity contribution in [3.63, 3.8) is 0 Å². The summed E-state index contributed by atoms with van der Waals surface area (Å²) in [5.74, 6) is 0.535. The Balaban J connectivity index is 1.72. The molecule has 0 saturated carbocycles. The molecule has 2 heterocycles. The second kappa shape index (κ2) is 8.88. The van der Waals surface area contributed by atoms with Gasteiger partial charge in [-0.3, -0.25) is 9.52 Å². The van der Waals surface area contributed by atoms with Gasteiger partial charge in [-0.1, -0.05) is 30.3 Å². The molecule has 4 rings (SSSR count). The number of rotatable bonds is 7. The molecule has 2 aromatic carbocycles. The van der Waals surface area contributed by atoms with Crippen molar-refractivity contribution in [3.8, 4) is 5.75 Å². The Kier molecular flexibility index (Phi) is 6.00. The lowest BCUT2D eigenvalue weighted by Gasteiger charge is -2.21. The highest BCUT2D eigenvalue weighted by Gasteiger charge is 2.35. The van der Waals surface area contributed by atoms with Gasteiger partial charge in [0.05, 0.1) is 36.6 Å². The zero-order chi connectivity index (χ0) is 22.7. The molecule has 166 valence electrons. The Morgan fingerprint density at radius 1 is 1.16 bits per heavy atom. The number of benzene rings is 2. The summed E-state index contributed by atoms with van der Waals surface area (Å²) in [7, 11) is -3.48. The summed E-state index contributed by atoms with van der Waals surface area (Å²) in [6, 6.07) is 17.3. The molecule has 9 heteroatoms. The summed E-state index contributed by atoms with van der Waals surface area (Å²) in [6.07, 6.45) is 2.93. The van der Waals surface area contributed by atoms with E-state index in [0.29, 0.717) is 30.0 Å². The first-order chi connectivity index (χ1) is 15.4. The van der Waals surface area contributed by atoms with E-state index < -0.39 is 10.0 Å². The van der Waals surface area contributed by atoms with Crippen molar-refractivity contribution in [2.45, 2.75) is 19.4 Å². The first-order valence-corrected chi connectivity index (χ1v) is 12.0. The lowest BCUT2D eigenvalue weighted by Crippen LogP contribution is -2.26. The number of ether oxygens (including phenoxy) is 1. The third kappa shape index (κ3) is 4.67. The number of carbonyl (C=O) groups is 1. The van der Waals surface area contributed by atoms with E-state index >= 15 is 0 Å². The van der Waals surface area contributed by atoms with Crippen molar-refractivity contribution in [1.29, 1.82) is 0 Å². The minimum Gasteiger partial charge on any atom is -0.494 e. The van der Waals surface area contributed by atoms with Crippen LogP contribution in [-0.2, 0) is 10.0 Å². The number of nitrogens with one attached hydrogen (secondary N) is 1.